The van der Waals surface area contributed by atoms with Crippen molar-refractivity contribution in [3.05, 3.63) is 29.3 Å². The lowest BCUT2D eigenvalue weighted by Crippen LogP contribution is -2.41. The Kier molecular flexibility index (Phi) is 5.23. The highest BCUT2D eigenvalue weighted by molar-refractivity contribution is 5.88. The lowest BCUT2D eigenvalue weighted by molar-refractivity contribution is 0.0697. The topological polar surface area (TPSA) is 52.6 Å². The molecule has 0 radical (unpaired) electrons. The van der Waals surface area contributed by atoms with Crippen LogP contribution in [0.2, 0.25) is 0 Å². The van der Waals surface area contributed by atoms with Gasteiger partial charge in [0.05, 0.1) is 5.56 Å². The van der Waals surface area contributed by atoms with E-state index in [0.717, 1.165) is 24.3 Å². The number of nitrogens with one attached hydrogen (secondary N) is 1. The molecule has 1 aliphatic rings. The Morgan fingerprint density at radius 1 is 1.52 bits per heavy atom. The van der Waals surface area contributed by atoms with Gasteiger partial charge in [-0.15, -0.1) is 0 Å². The normalized spacial score (nSPS) is 21.0. The van der Waals surface area contributed by atoms with E-state index in [2.05, 4.69) is 24.1 Å². The van der Waals surface area contributed by atoms with Gasteiger partial charge >= 0.3 is 5.97 Å². The second-order valence-corrected chi connectivity index (χ2v) is 6.06. The summed E-state index contributed by atoms with van der Waals surface area (Å²) in [5.74, 6) is -0.221. The maximum Gasteiger partial charge on any atom is 0.335 e. The van der Waals surface area contributed by atoms with Crippen LogP contribution in [0.25, 0.3) is 0 Å². The molecule has 2 atom stereocenters. The maximum atomic E-state index is 11.0. The third-order valence-electron chi connectivity index (χ3n) is 4.55. The van der Waals surface area contributed by atoms with Crippen LogP contribution in [0.4, 0.5) is 5.69 Å². The molecule has 0 amide bonds. The molecule has 1 heterocycles. The van der Waals surface area contributed by atoms with E-state index in [0.29, 0.717) is 17.5 Å². The molecule has 2 unspecified atom stereocenters. The molecule has 0 aromatic heterocycles. The number of hydrogen-bond donors (Lipinski definition) is 2. The standard InChI is InChI=1S/C17H26N2O2/c1-4-19-9-5-6-15(11-19)13(3)18-16-8-7-14(17(20)21)10-12(16)2/h7-8,10,13,15,18H,4-6,9,11H2,1-3H3,(H,20,21). The van der Waals surface area contributed by atoms with Gasteiger partial charge < -0.3 is 15.3 Å². The number of piperidine rings is 1. The number of carbonyl (C=O) groups is 1. The average Bonchev–Trinajstić information content (AvgIpc) is 2.49. The molecular formula is C17H26N2O2. The molecule has 21 heavy (non-hydrogen) atoms. The summed E-state index contributed by atoms with van der Waals surface area (Å²) in [5.41, 5.74) is 2.38. The van der Waals surface area contributed by atoms with Gasteiger partial charge in [-0.1, -0.05) is 6.92 Å². The molecule has 1 aliphatic heterocycles. The van der Waals surface area contributed by atoms with Gasteiger partial charge in [0.1, 0.15) is 0 Å². The van der Waals surface area contributed by atoms with Crippen LogP contribution in [-0.2, 0) is 0 Å². The summed E-state index contributed by atoms with van der Waals surface area (Å²) in [5, 5.41) is 12.6. The van der Waals surface area contributed by atoms with Gasteiger partial charge in [-0.3, -0.25) is 0 Å². The first-order valence-electron chi connectivity index (χ1n) is 7.84. The second-order valence-electron chi connectivity index (χ2n) is 6.06. The quantitative estimate of drug-likeness (QED) is 0.874. The van der Waals surface area contributed by atoms with Gasteiger partial charge in [-0.05, 0) is 69.5 Å². The van der Waals surface area contributed by atoms with E-state index in [-0.39, 0.29) is 0 Å². The fourth-order valence-electron chi connectivity index (χ4n) is 3.11. The summed E-state index contributed by atoms with van der Waals surface area (Å²) in [4.78, 5) is 13.5. The number of carboxylic acids is 1. The zero-order valence-electron chi connectivity index (χ0n) is 13.2. The van der Waals surface area contributed by atoms with Crippen molar-refractivity contribution in [3.63, 3.8) is 0 Å². The van der Waals surface area contributed by atoms with Crippen molar-refractivity contribution in [1.82, 2.24) is 4.90 Å². The van der Waals surface area contributed by atoms with Crippen LogP contribution in [0.5, 0.6) is 0 Å². The number of anilines is 1. The number of aromatic carboxylic acids is 1. The number of hydrogen-bond acceptors (Lipinski definition) is 3. The molecular weight excluding hydrogens is 264 g/mol. The largest absolute Gasteiger partial charge is 0.478 e. The minimum absolute atomic E-state index is 0.348. The molecule has 1 fully saturated rings. The Hall–Kier alpha value is -1.55. The fraction of sp³-hybridized carbons (Fsp3) is 0.588. The summed E-state index contributed by atoms with van der Waals surface area (Å²) in [6.07, 6.45) is 2.53. The van der Waals surface area contributed by atoms with Crippen molar-refractivity contribution < 1.29 is 9.90 Å². The number of aryl methyl sites for hydroxylation is 1. The molecule has 2 N–H and O–H groups in total. The molecule has 0 bridgehead atoms. The number of rotatable bonds is 5. The number of likely N-dealkylation sites (tertiary alicyclic amines) is 1. The lowest BCUT2D eigenvalue weighted by atomic mass is 9.91. The van der Waals surface area contributed by atoms with Crippen molar-refractivity contribution in [2.24, 2.45) is 5.92 Å². The zero-order chi connectivity index (χ0) is 15.4. The highest BCUT2D eigenvalue weighted by Crippen LogP contribution is 2.24. The van der Waals surface area contributed by atoms with Gasteiger partial charge in [0, 0.05) is 18.3 Å². The fourth-order valence-corrected chi connectivity index (χ4v) is 3.11. The van der Waals surface area contributed by atoms with Gasteiger partial charge in [0.2, 0.25) is 0 Å². The molecule has 0 saturated carbocycles. The Balaban J connectivity index is 2.02. The highest BCUT2D eigenvalue weighted by atomic mass is 16.4. The van der Waals surface area contributed by atoms with Gasteiger partial charge in [-0.25, -0.2) is 4.79 Å². The first-order chi connectivity index (χ1) is 10.0. The summed E-state index contributed by atoms with van der Waals surface area (Å²) in [6, 6.07) is 5.68. The Morgan fingerprint density at radius 3 is 2.90 bits per heavy atom. The SMILES string of the molecule is CCN1CCCC(C(C)Nc2ccc(C(=O)O)cc2C)C1. The summed E-state index contributed by atoms with van der Waals surface area (Å²) in [7, 11) is 0. The second kappa shape index (κ2) is 6.94. The van der Waals surface area contributed by atoms with Crippen LogP contribution >= 0.6 is 0 Å². The number of carboxylic acid groups (broad SMARTS) is 1. The first-order valence-corrected chi connectivity index (χ1v) is 7.84. The molecule has 0 aliphatic carbocycles. The van der Waals surface area contributed by atoms with E-state index in [9.17, 15) is 4.79 Å². The molecule has 0 spiro atoms. The highest BCUT2D eigenvalue weighted by Gasteiger charge is 2.24. The van der Waals surface area contributed by atoms with Gasteiger partial charge in [0.25, 0.3) is 0 Å². The predicted octanol–water partition coefficient (Wildman–Crippen LogP) is 3.23. The molecule has 1 aromatic rings. The van der Waals surface area contributed by atoms with Crippen molar-refractivity contribution in [2.75, 3.05) is 25.0 Å². The van der Waals surface area contributed by atoms with Gasteiger partial charge in [-0.2, -0.15) is 0 Å². The van der Waals surface area contributed by atoms with E-state index in [1.54, 1.807) is 12.1 Å². The monoisotopic (exact) mass is 290 g/mol. The van der Waals surface area contributed by atoms with E-state index in [1.807, 2.05) is 13.0 Å². The van der Waals surface area contributed by atoms with E-state index < -0.39 is 5.97 Å². The molecule has 2 rings (SSSR count). The van der Waals surface area contributed by atoms with Crippen molar-refractivity contribution in [3.8, 4) is 0 Å². The number of nitrogens with zero attached hydrogens (tertiary/aromatic N) is 1. The molecule has 4 heteroatoms. The molecule has 1 aromatic carbocycles. The van der Waals surface area contributed by atoms with E-state index in [4.69, 9.17) is 5.11 Å². The first kappa shape index (κ1) is 15.8. The summed E-state index contributed by atoms with van der Waals surface area (Å²) in [6.45, 7) is 9.89. The van der Waals surface area contributed by atoms with E-state index >= 15 is 0 Å². The van der Waals surface area contributed by atoms with Crippen LogP contribution < -0.4 is 5.32 Å². The zero-order valence-corrected chi connectivity index (χ0v) is 13.2. The Morgan fingerprint density at radius 2 is 2.29 bits per heavy atom. The molecule has 1 saturated heterocycles. The Labute approximate surface area is 127 Å². The summed E-state index contributed by atoms with van der Waals surface area (Å²) < 4.78 is 0. The van der Waals surface area contributed by atoms with E-state index in [1.165, 1.54) is 19.4 Å². The lowest BCUT2D eigenvalue weighted by Gasteiger charge is -2.36. The number of benzene rings is 1. The summed E-state index contributed by atoms with van der Waals surface area (Å²) >= 11 is 0. The van der Waals surface area contributed by atoms with Gasteiger partial charge in [0.15, 0.2) is 0 Å². The van der Waals surface area contributed by atoms with Crippen LogP contribution in [0.1, 0.15) is 42.6 Å². The molecule has 116 valence electrons. The van der Waals surface area contributed by atoms with Crippen LogP contribution in [0, 0.1) is 12.8 Å². The smallest absolute Gasteiger partial charge is 0.335 e. The Bertz CT molecular complexity index is 502. The third-order valence-corrected chi connectivity index (χ3v) is 4.55. The van der Waals surface area contributed by atoms with Crippen molar-refractivity contribution >= 4 is 11.7 Å². The third kappa shape index (κ3) is 3.97. The maximum absolute atomic E-state index is 11.0. The van der Waals surface area contributed by atoms with Crippen LogP contribution in [-0.4, -0.2) is 41.7 Å². The minimum atomic E-state index is -0.872. The predicted molar refractivity (Wildman–Crippen MR) is 86.1 cm³/mol. The van der Waals surface area contributed by atoms with Crippen molar-refractivity contribution in [2.45, 2.75) is 39.7 Å². The average molecular weight is 290 g/mol. The van der Waals surface area contributed by atoms with Crippen LogP contribution in [0.3, 0.4) is 0 Å². The van der Waals surface area contributed by atoms with Crippen molar-refractivity contribution in [1.29, 1.82) is 0 Å². The minimum Gasteiger partial charge on any atom is -0.478 e. The van der Waals surface area contributed by atoms with Crippen LogP contribution in [0.15, 0.2) is 18.2 Å². The molecule has 4 nitrogen and oxygen atoms in total.